The van der Waals surface area contributed by atoms with Crippen molar-refractivity contribution in [3.05, 3.63) is 23.2 Å². The summed E-state index contributed by atoms with van der Waals surface area (Å²) in [4.78, 5) is 0. The van der Waals surface area contributed by atoms with Crippen LogP contribution >= 0.6 is 11.6 Å². The van der Waals surface area contributed by atoms with Crippen molar-refractivity contribution in [3.63, 3.8) is 0 Å². The molecule has 0 unspecified atom stereocenters. The van der Waals surface area contributed by atoms with E-state index >= 15 is 0 Å². The highest BCUT2D eigenvalue weighted by Crippen LogP contribution is 2.30. The molecule has 0 radical (unpaired) electrons. The minimum atomic E-state index is 0.229. The molecule has 1 aliphatic heterocycles. The molecule has 1 aliphatic rings. The maximum atomic E-state index is 6.09. The molecular weight excluding hydrogens is 226 g/mol. The molecule has 0 bridgehead atoms. The zero-order chi connectivity index (χ0) is 11.6. The van der Waals surface area contributed by atoms with Gasteiger partial charge in [-0.1, -0.05) is 18.5 Å². The minimum Gasteiger partial charge on any atom is -0.497 e. The van der Waals surface area contributed by atoms with Crippen LogP contribution in [0.3, 0.4) is 0 Å². The lowest BCUT2D eigenvalue weighted by atomic mass is 9.89. The lowest BCUT2D eigenvalue weighted by Gasteiger charge is -2.38. The van der Waals surface area contributed by atoms with Crippen molar-refractivity contribution in [3.8, 4) is 5.75 Å². The number of nitrogens with one attached hydrogen (secondary N) is 1. The second kappa shape index (κ2) is 4.52. The van der Waals surface area contributed by atoms with Gasteiger partial charge in [-0.25, -0.2) is 0 Å². The number of ether oxygens (including phenoxy) is 2. The molecule has 1 heterocycles. The highest BCUT2D eigenvalue weighted by Gasteiger charge is 2.33. The smallest absolute Gasteiger partial charge is 0.121 e. The second-order valence-electron chi connectivity index (χ2n) is 4.50. The molecule has 0 aliphatic carbocycles. The van der Waals surface area contributed by atoms with Gasteiger partial charge in [-0.3, -0.25) is 0 Å². The average molecular weight is 242 g/mol. The number of methoxy groups -OCH3 is 1. The van der Waals surface area contributed by atoms with E-state index in [1.807, 2.05) is 18.2 Å². The highest BCUT2D eigenvalue weighted by atomic mass is 35.5. The molecule has 16 heavy (non-hydrogen) atoms. The zero-order valence-electron chi connectivity index (χ0n) is 9.55. The van der Waals surface area contributed by atoms with Gasteiger partial charge in [0.15, 0.2) is 0 Å². The normalized spacial score (nSPS) is 17.7. The van der Waals surface area contributed by atoms with E-state index in [0.29, 0.717) is 5.02 Å². The predicted octanol–water partition coefficient (Wildman–Crippen LogP) is 2.80. The minimum absolute atomic E-state index is 0.229. The van der Waals surface area contributed by atoms with E-state index in [4.69, 9.17) is 21.1 Å². The van der Waals surface area contributed by atoms with E-state index in [9.17, 15) is 0 Å². The van der Waals surface area contributed by atoms with Gasteiger partial charge in [0.2, 0.25) is 0 Å². The third-order valence-electron chi connectivity index (χ3n) is 2.78. The first-order valence-electron chi connectivity index (χ1n) is 5.28. The summed E-state index contributed by atoms with van der Waals surface area (Å²) >= 11 is 6.09. The van der Waals surface area contributed by atoms with Crippen LogP contribution < -0.4 is 10.1 Å². The van der Waals surface area contributed by atoms with Gasteiger partial charge in [-0.2, -0.15) is 0 Å². The number of rotatable bonds is 4. The van der Waals surface area contributed by atoms with Crippen molar-refractivity contribution < 1.29 is 9.47 Å². The Morgan fingerprint density at radius 2 is 2.25 bits per heavy atom. The Bertz CT molecular complexity index is 377. The van der Waals surface area contributed by atoms with E-state index < -0.39 is 0 Å². The molecule has 1 fully saturated rings. The van der Waals surface area contributed by atoms with Gasteiger partial charge in [-0.15, -0.1) is 0 Å². The van der Waals surface area contributed by atoms with Crippen LogP contribution in [0.4, 0.5) is 5.69 Å². The van der Waals surface area contributed by atoms with Crippen LogP contribution in [0.15, 0.2) is 18.2 Å². The summed E-state index contributed by atoms with van der Waals surface area (Å²) < 4.78 is 10.4. The summed E-state index contributed by atoms with van der Waals surface area (Å²) in [7, 11) is 1.65. The molecule has 3 nitrogen and oxygen atoms in total. The van der Waals surface area contributed by atoms with Crippen molar-refractivity contribution >= 4 is 17.3 Å². The molecule has 1 aromatic carbocycles. The molecule has 1 aromatic rings. The van der Waals surface area contributed by atoms with Crippen molar-refractivity contribution in [1.82, 2.24) is 0 Å². The lowest BCUT2D eigenvalue weighted by molar-refractivity contribution is -0.0924. The molecule has 2 rings (SSSR count). The molecule has 1 N–H and O–H groups in total. The first kappa shape index (κ1) is 11.6. The van der Waals surface area contributed by atoms with E-state index in [2.05, 4.69) is 12.2 Å². The zero-order valence-corrected chi connectivity index (χ0v) is 10.3. The maximum absolute atomic E-state index is 6.09. The second-order valence-corrected chi connectivity index (χ2v) is 4.91. The first-order chi connectivity index (χ1) is 7.63. The summed E-state index contributed by atoms with van der Waals surface area (Å²) in [6, 6.07) is 5.59. The Hall–Kier alpha value is -0.930. The molecule has 88 valence electrons. The standard InChI is InChI=1S/C12H16ClNO2/c1-12(7-16-8-12)6-14-11-5-9(15-2)3-4-10(11)13/h3-5,14H,6-8H2,1-2H3. The van der Waals surface area contributed by atoms with Crippen LogP contribution in [0.1, 0.15) is 6.92 Å². The molecular formula is C12H16ClNO2. The Kier molecular flexibility index (Phi) is 3.26. The van der Waals surface area contributed by atoms with Crippen LogP contribution in [0.25, 0.3) is 0 Å². The topological polar surface area (TPSA) is 30.5 Å². The first-order valence-corrected chi connectivity index (χ1v) is 5.66. The van der Waals surface area contributed by atoms with Crippen molar-refractivity contribution in [2.75, 3.05) is 32.2 Å². The quantitative estimate of drug-likeness (QED) is 0.879. The van der Waals surface area contributed by atoms with E-state index in [1.54, 1.807) is 7.11 Å². The SMILES string of the molecule is COc1ccc(Cl)c(NCC2(C)COC2)c1. The fourth-order valence-corrected chi connectivity index (χ4v) is 1.81. The van der Waals surface area contributed by atoms with E-state index in [1.165, 1.54) is 0 Å². The Labute approximate surface area is 101 Å². The van der Waals surface area contributed by atoms with Crippen LogP contribution in [-0.4, -0.2) is 26.9 Å². The molecule has 0 aromatic heterocycles. The number of anilines is 1. The highest BCUT2D eigenvalue weighted by molar-refractivity contribution is 6.33. The maximum Gasteiger partial charge on any atom is 0.121 e. The molecule has 0 spiro atoms. The lowest BCUT2D eigenvalue weighted by Crippen LogP contribution is -2.45. The van der Waals surface area contributed by atoms with Crippen LogP contribution in [0.2, 0.25) is 5.02 Å². The number of hydrogen-bond acceptors (Lipinski definition) is 3. The summed E-state index contributed by atoms with van der Waals surface area (Å²) in [6.45, 7) is 4.67. The van der Waals surface area contributed by atoms with Crippen molar-refractivity contribution in [2.45, 2.75) is 6.92 Å². The summed E-state index contributed by atoms with van der Waals surface area (Å²) in [5, 5.41) is 4.05. The van der Waals surface area contributed by atoms with Crippen molar-refractivity contribution in [1.29, 1.82) is 0 Å². The fourth-order valence-electron chi connectivity index (χ4n) is 1.63. The van der Waals surface area contributed by atoms with E-state index in [0.717, 1.165) is 31.2 Å². The summed E-state index contributed by atoms with van der Waals surface area (Å²) in [5.74, 6) is 0.807. The van der Waals surface area contributed by atoms with Gasteiger partial charge in [0.25, 0.3) is 0 Å². The molecule has 0 amide bonds. The fraction of sp³-hybridized carbons (Fsp3) is 0.500. The number of benzene rings is 1. The summed E-state index contributed by atoms with van der Waals surface area (Å²) in [5.41, 5.74) is 1.14. The van der Waals surface area contributed by atoms with E-state index in [-0.39, 0.29) is 5.41 Å². The number of halogens is 1. The molecule has 1 saturated heterocycles. The third kappa shape index (κ3) is 2.42. The van der Waals surface area contributed by atoms with Crippen molar-refractivity contribution in [2.24, 2.45) is 5.41 Å². The largest absolute Gasteiger partial charge is 0.497 e. The summed E-state index contributed by atoms with van der Waals surface area (Å²) in [6.07, 6.45) is 0. The average Bonchev–Trinajstić information content (AvgIpc) is 2.25. The third-order valence-corrected chi connectivity index (χ3v) is 3.11. The Balaban J connectivity index is 2.02. The Morgan fingerprint density at radius 3 is 2.81 bits per heavy atom. The van der Waals surface area contributed by atoms with Gasteiger partial charge < -0.3 is 14.8 Å². The van der Waals surface area contributed by atoms with Gasteiger partial charge in [0.05, 0.1) is 31.0 Å². The van der Waals surface area contributed by atoms with Crippen LogP contribution in [0.5, 0.6) is 5.75 Å². The monoisotopic (exact) mass is 241 g/mol. The Morgan fingerprint density at radius 1 is 1.50 bits per heavy atom. The molecule has 4 heteroatoms. The molecule has 0 saturated carbocycles. The van der Waals surface area contributed by atoms with Gasteiger partial charge in [0.1, 0.15) is 5.75 Å². The van der Waals surface area contributed by atoms with Gasteiger partial charge >= 0.3 is 0 Å². The molecule has 0 atom stereocenters. The number of hydrogen-bond donors (Lipinski definition) is 1. The van der Waals surface area contributed by atoms with Crippen LogP contribution in [0, 0.1) is 5.41 Å². The van der Waals surface area contributed by atoms with Gasteiger partial charge in [-0.05, 0) is 12.1 Å². The van der Waals surface area contributed by atoms with Gasteiger partial charge in [0, 0.05) is 18.0 Å². The van der Waals surface area contributed by atoms with Crippen LogP contribution in [-0.2, 0) is 4.74 Å². The predicted molar refractivity (Wildman–Crippen MR) is 65.4 cm³/mol.